The van der Waals surface area contributed by atoms with Crippen LogP contribution >= 0.6 is 11.6 Å². The lowest BCUT2D eigenvalue weighted by Gasteiger charge is -2.44. The van der Waals surface area contributed by atoms with Crippen molar-refractivity contribution in [1.29, 1.82) is 0 Å². The molecule has 2 atom stereocenters. The van der Waals surface area contributed by atoms with Crippen molar-refractivity contribution in [3.8, 4) is 17.2 Å². The minimum absolute atomic E-state index is 0.117. The Labute approximate surface area is 202 Å². The zero-order valence-electron chi connectivity index (χ0n) is 19.7. The summed E-state index contributed by atoms with van der Waals surface area (Å²) in [6.45, 7) is 7.22. The molecule has 9 nitrogen and oxygen atoms in total. The molecule has 2 aromatic rings. The van der Waals surface area contributed by atoms with Gasteiger partial charge in [-0.05, 0) is 6.42 Å². The number of hydrogen-bond donors (Lipinski definition) is 0. The Morgan fingerprint density at radius 2 is 1.91 bits per heavy atom. The van der Waals surface area contributed by atoms with Gasteiger partial charge in [-0.2, -0.15) is 4.98 Å². The fraction of sp³-hybridized carbons (Fsp3) is 0.500. The van der Waals surface area contributed by atoms with Crippen molar-refractivity contribution in [3.05, 3.63) is 40.1 Å². The molecule has 0 saturated carbocycles. The van der Waals surface area contributed by atoms with Gasteiger partial charge in [0.05, 0.1) is 20.1 Å². The summed E-state index contributed by atoms with van der Waals surface area (Å²) in [4.78, 5) is 33.6. The molecule has 2 unspecified atom stereocenters. The summed E-state index contributed by atoms with van der Waals surface area (Å²) in [6, 6.07) is 1.53. The van der Waals surface area contributed by atoms with Gasteiger partial charge in [-0.15, -0.1) is 0 Å². The van der Waals surface area contributed by atoms with Crippen LogP contribution in [0.1, 0.15) is 61.1 Å². The maximum absolute atomic E-state index is 13.6. The highest BCUT2D eigenvalue weighted by Gasteiger charge is 2.60. The van der Waals surface area contributed by atoms with Gasteiger partial charge in [-0.25, -0.2) is 0 Å². The van der Waals surface area contributed by atoms with Crippen LogP contribution in [0.2, 0.25) is 5.02 Å². The predicted molar refractivity (Wildman–Crippen MR) is 122 cm³/mol. The van der Waals surface area contributed by atoms with E-state index < -0.39 is 23.1 Å². The van der Waals surface area contributed by atoms with Crippen molar-refractivity contribution in [2.45, 2.75) is 44.6 Å². The number of halogens is 1. The molecule has 0 bridgehead atoms. The summed E-state index contributed by atoms with van der Waals surface area (Å²) >= 11 is 6.44. The van der Waals surface area contributed by atoms with Gasteiger partial charge in [0, 0.05) is 42.8 Å². The van der Waals surface area contributed by atoms with E-state index in [1.807, 2.05) is 20.8 Å². The summed E-state index contributed by atoms with van der Waals surface area (Å²) in [5, 5.41) is 4.18. The molecule has 1 spiro atoms. The number of fused-ring (bicyclic) bond motifs is 1. The first kappa shape index (κ1) is 22.7. The molecule has 3 aliphatic rings. The third kappa shape index (κ3) is 3.13. The van der Waals surface area contributed by atoms with E-state index in [2.05, 4.69) is 15.0 Å². The summed E-state index contributed by atoms with van der Waals surface area (Å²) in [5.41, 5.74) is -0.629. The largest absolute Gasteiger partial charge is 0.496 e. The van der Waals surface area contributed by atoms with Crippen LogP contribution in [-0.2, 0) is 4.79 Å². The number of carbonyl (C=O) groups excluding carboxylic acids is 2. The number of carbonyl (C=O) groups is 2. The van der Waals surface area contributed by atoms with Crippen molar-refractivity contribution in [1.82, 2.24) is 15.0 Å². The molecule has 5 rings (SSSR count). The van der Waals surface area contributed by atoms with Gasteiger partial charge in [-0.1, -0.05) is 37.5 Å². The van der Waals surface area contributed by atoms with Crippen LogP contribution in [0.3, 0.4) is 0 Å². The van der Waals surface area contributed by atoms with Gasteiger partial charge in [-0.3, -0.25) is 9.59 Å². The molecule has 0 radical (unpaired) electrons. The Hall–Kier alpha value is -3.07. The maximum Gasteiger partial charge on any atom is 0.236 e. The molecule has 180 valence electrons. The van der Waals surface area contributed by atoms with Crippen LogP contribution in [0, 0.1) is 5.92 Å². The summed E-state index contributed by atoms with van der Waals surface area (Å²) in [6.07, 6.45) is 2.02. The second kappa shape index (κ2) is 8.01. The maximum atomic E-state index is 13.6. The number of ether oxygens (including phenoxy) is 3. The number of ketones is 2. The molecular weight excluding hydrogens is 462 g/mol. The number of nitrogens with zero attached hydrogens (tertiary/aromatic N) is 3. The second-order valence-corrected chi connectivity index (χ2v) is 9.70. The Bertz CT molecular complexity index is 1220. The third-order valence-electron chi connectivity index (χ3n) is 6.90. The van der Waals surface area contributed by atoms with E-state index in [1.165, 1.54) is 26.4 Å². The van der Waals surface area contributed by atoms with Gasteiger partial charge in [0.2, 0.25) is 23.1 Å². The van der Waals surface area contributed by atoms with Crippen LogP contribution in [0.5, 0.6) is 17.2 Å². The Morgan fingerprint density at radius 1 is 1.21 bits per heavy atom. The van der Waals surface area contributed by atoms with E-state index in [-0.39, 0.29) is 33.9 Å². The minimum Gasteiger partial charge on any atom is -0.496 e. The average Bonchev–Trinajstić information content (AvgIpc) is 3.37. The molecule has 3 heterocycles. The molecule has 1 aromatic heterocycles. The number of likely N-dealkylation sites (tertiary alicyclic amines) is 1. The zero-order chi connectivity index (χ0) is 24.4. The van der Waals surface area contributed by atoms with Crippen LogP contribution in [0.15, 0.2) is 22.4 Å². The smallest absolute Gasteiger partial charge is 0.236 e. The van der Waals surface area contributed by atoms with Crippen molar-refractivity contribution in [2.75, 3.05) is 27.3 Å². The van der Waals surface area contributed by atoms with Crippen molar-refractivity contribution in [2.24, 2.45) is 5.92 Å². The minimum atomic E-state index is -1.67. The number of rotatable bonds is 5. The van der Waals surface area contributed by atoms with E-state index >= 15 is 0 Å². The number of hydrogen-bond acceptors (Lipinski definition) is 9. The first-order valence-corrected chi connectivity index (χ1v) is 11.6. The molecule has 34 heavy (non-hydrogen) atoms. The molecular formula is C24H26ClN3O6. The van der Waals surface area contributed by atoms with E-state index in [1.54, 1.807) is 0 Å². The number of aromatic nitrogens is 2. The SMILES string of the molecule is COc1cc(OC)c2c(c1Cl)OC1(C(=O)C=C(N3CC(c4nc(C(C)C)no4)C3)CC1C)C2=O. The standard InChI is InChI=1S/C24H26ClN3O6/c1-11(2)22-26-23(34-27-22)13-9-28(10-13)14-6-12(3)24(17(29)7-14)21(30)18-15(31-4)8-16(32-5)19(25)20(18)33-24/h7-8,11-13H,6,9-10H2,1-5H3. The molecule has 1 fully saturated rings. The van der Waals surface area contributed by atoms with Gasteiger partial charge in [0.25, 0.3) is 0 Å². The Kier molecular flexibility index (Phi) is 5.35. The van der Waals surface area contributed by atoms with Crippen LogP contribution < -0.4 is 14.2 Å². The highest BCUT2D eigenvalue weighted by atomic mass is 35.5. The van der Waals surface area contributed by atoms with Crippen molar-refractivity contribution in [3.63, 3.8) is 0 Å². The van der Waals surface area contributed by atoms with Gasteiger partial charge >= 0.3 is 0 Å². The Morgan fingerprint density at radius 3 is 2.50 bits per heavy atom. The topological polar surface area (TPSA) is 104 Å². The highest BCUT2D eigenvalue weighted by Crippen LogP contribution is 2.53. The third-order valence-corrected chi connectivity index (χ3v) is 7.26. The van der Waals surface area contributed by atoms with Gasteiger partial charge in [0.1, 0.15) is 22.1 Å². The highest BCUT2D eigenvalue weighted by molar-refractivity contribution is 6.36. The van der Waals surface area contributed by atoms with Crippen LogP contribution in [0.25, 0.3) is 0 Å². The average molecular weight is 488 g/mol. The monoisotopic (exact) mass is 487 g/mol. The Balaban J connectivity index is 1.39. The van der Waals surface area contributed by atoms with E-state index in [4.69, 9.17) is 30.3 Å². The lowest BCUT2D eigenvalue weighted by Crippen LogP contribution is -2.56. The van der Waals surface area contributed by atoms with Crippen LogP contribution in [0.4, 0.5) is 0 Å². The number of allylic oxidation sites excluding steroid dienone is 1. The van der Waals surface area contributed by atoms with E-state index in [0.29, 0.717) is 37.0 Å². The number of methoxy groups -OCH3 is 2. The van der Waals surface area contributed by atoms with E-state index in [0.717, 1.165) is 5.70 Å². The van der Waals surface area contributed by atoms with E-state index in [9.17, 15) is 9.59 Å². The lowest BCUT2D eigenvalue weighted by molar-refractivity contribution is -0.129. The molecule has 1 aliphatic carbocycles. The first-order chi connectivity index (χ1) is 16.2. The van der Waals surface area contributed by atoms with Crippen molar-refractivity contribution < 1.29 is 28.3 Å². The van der Waals surface area contributed by atoms with Gasteiger partial charge < -0.3 is 23.6 Å². The van der Waals surface area contributed by atoms with Gasteiger partial charge in [0.15, 0.2) is 11.6 Å². The van der Waals surface area contributed by atoms with Crippen molar-refractivity contribution >= 4 is 23.2 Å². The lowest BCUT2D eigenvalue weighted by atomic mass is 9.73. The molecule has 10 heteroatoms. The summed E-state index contributed by atoms with van der Waals surface area (Å²) in [7, 11) is 2.90. The molecule has 0 amide bonds. The molecule has 1 aromatic carbocycles. The fourth-order valence-electron chi connectivity index (χ4n) is 4.84. The molecule has 1 saturated heterocycles. The predicted octanol–water partition coefficient (Wildman–Crippen LogP) is 3.77. The quantitative estimate of drug-likeness (QED) is 0.583. The van der Waals surface area contributed by atoms with Crippen LogP contribution in [-0.4, -0.2) is 59.5 Å². The summed E-state index contributed by atoms with van der Waals surface area (Å²) < 4.78 is 22.2. The molecule has 0 N–H and O–H groups in total. The zero-order valence-corrected chi connectivity index (χ0v) is 20.4. The first-order valence-electron chi connectivity index (χ1n) is 11.2. The second-order valence-electron chi connectivity index (χ2n) is 9.32. The summed E-state index contributed by atoms with van der Waals surface area (Å²) in [5.74, 6) is 1.07. The number of benzene rings is 1. The fourth-order valence-corrected chi connectivity index (χ4v) is 5.11. The molecule has 2 aliphatic heterocycles. The number of Topliss-reactive ketones (excluding diaryl/α,β-unsaturated/α-hetero) is 1. The normalized spacial score (nSPS) is 24.3.